The fraction of sp³-hybridized carbons (Fsp3) is 0.923. The molecular formula is C13H26N2O. The van der Waals surface area contributed by atoms with E-state index in [4.69, 9.17) is 0 Å². The number of nitrogens with one attached hydrogen (secondary N) is 1. The second-order valence-electron chi connectivity index (χ2n) is 5.70. The van der Waals surface area contributed by atoms with Gasteiger partial charge in [0.15, 0.2) is 0 Å². The molecule has 0 spiro atoms. The smallest absolute Gasteiger partial charge is 0.318 e. The highest BCUT2D eigenvalue weighted by atomic mass is 16.2. The van der Waals surface area contributed by atoms with Crippen molar-refractivity contribution in [1.82, 2.24) is 10.2 Å². The third-order valence-electron chi connectivity index (χ3n) is 3.30. The lowest BCUT2D eigenvalue weighted by Crippen LogP contribution is -2.52. The zero-order valence-corrected chi connectivity index (χ0v) is 11.2. The van der Waals surface area contributed by atoms with Gasteiger partial charge >= 0.3 is 6.03 Å². The summed E-state index contributed by atoms with van der Waals surface area (Å²) in [6.07, 6.45) is 6.13. The van der Waals surface area contributed by atoms with Crippen molar-refractivity contribution in [2.45, 2.75) is 71.4 Å². The van der Waals surface area contributed by atoms with Crippen LogP contribution < -0.4 is 5.32 Å². The largest absolute Gasteiger partial charge is 0.335 e. The van der Waals surface area contributed by atoms with Crippen molar-refractivity contribution in [2.24, 2.45) is 0 Å². The van der Waals surface area contributed by atoms with E-state index < -0.39 is 0 Å². The molecule has 0 radical (unpaired) electrons. The Morgan fingerprint density at radius 1 is 1.25 bits per heavy atom. The maximum atomic E-state index is 12.1. The molecule has 0 saturated heterocycles. The van der Waals surface area contributed by atoms with E-state index in [1.165, 1.54) is 19.3 Å². The first-order valence-electron chi connectivity index (χ1n) is 6.53. The van der Waals surface area contributed by atoms with Crippen LogP contribution in [0.5, 0.6) is 0 Å². The molecule has 0 bridgehead atoms. The Kier molecular flexibility index (Phi) is 4.63. The van der Waals surface area contributed by atoms with Crippen molar-refractivity contribution in [3.8, 4) is 0 Å². The van der Waals surface area contributed by atoms with E-state index in [-0.39, 0.29) is 11.6 Å². The highest BCUT2D eigenvalue weighted by Crippen LogP contribution is 2.19. The van der Waals surface area contributed by atoms with E-state index >= 15 is 0 Å². The molecule has 0 aliphatic heterocycles. The average molecular weight is 226 g/mol. The second-order valence-corrected chi connectivity index (χ2v) is 5.70. The molecule has 1 aliphatic rings. The molecule has 0 unspecified atom stereocenters. The lowest BCUT2D eigenvalue weighted by molar-refractivity contribution is 0.144. The van der Waals surface area contributed by atoms with Crippen molar-refractivity contribution in [3.05, 3.63) is 0 Å². The summed E-state index contributed by atoms with van der Waals surface area (Å²) in [7, 11) is 0. The Morgan fingerprint density at radius 2 is 1.81 bits per heavy atom. The van der Waals surface area contributed by atoms with Crippen LogP contribution in [-0.4, -0.2) is 29.1 Å². The van der Waals surface area contributed by atoms with E-state index in [0.717, 1.165) is 19.4 Å². The van der Waals surface area contributed by atoms with E-state index in [9.17, 15) is 4.79 Å². The molecule has 16 heavy (non-hydrogen) atoms. The quantitative estimate of drug-likeness (QED) is 0.770. The molecule has 0 heterocycles. The highest BCUT2D eigenvalue weighted by Gasteiger charge is 2.26. The molecule has 1 fully saturated rings. The number of carbonyl (C=O) groups excluding carboxylic acids is 1. The van der Waals surface area contributed by atoms with Crippen LogP contribution in [-0.2, 0) is 0 Å². The fourth-order valence-electron chi connectivity index (χ4n) is 2.42. The van der Waals surface area contributed by atoms with E-state index in [0.29, 0.717) is 6.04 Å². The zero-order chi connectivity index (χ0) is 12.2. The third-order valence-corrected chi connectivity index (χ3v) is 3.30. The number of rotatable bonds is 2. The molecule has 1 aliphatic carbocycles. The summed E-state index contributed by atoms with van der Waals surface area (Å²) < 4.78 is 0. The monoisotopic (exact) mass is 226 g/mol. The molecule has 0 aromatic rings. The summed E-state index contributed by atoms with van der Waals surface area (Å²) in [5, 5.41) is 3.16. The predicted octanol–water partition coefficient (Wildman–Crippen LogP) is 3.15. The lowest BCUT2D eigenvalue weighted by atomic mass is 9.95. The van der Waals surface area contributed by atoms with Gasteiger partial charge in [0.1, 0.15) is 0 Å². The fourth-order valence-corrected chi connectivity index (χ4v) is 2.42. The Labute approximate surface area is 99.6 Å². The van der Waals surface area contributed by atoms with Crippen LogP contribution in [0.4, 0.5) is 4.79 Å². The summed E-state index contributed by atoms with van der Waals surface area (Å²) in [6.45, 7) is 9.04. The molecule has 0 atom stereocenters. The molecule has 0 aromatic heterocycles. The average Bonchev–Trinajstić information content (AvgIpc) is 2.17. The minimum Gasteiger partial charge on any atom is -0.335 e. The van der Waals surface area contributed by atoms with Crippen LogP contribution in [0.25, 0.3) is 0 Å². The number of hydrogen-bond donors (Lipinski definition) is 1. The third kappa shape index (κ3) is 3.69. The first-order chi connectivity index (χ1) is 7.45. The Morgan fingerprint density at radius 3 is 2.25 bits per heavy atom. The first kappa shape index (κ1) is 13.3. The maximum absolute atomic E-state index is 12.1. The number of hydrogen-bond acceptors (Lipinski definition) is 1. The molecule has 3 heteroatoms. The topological polar surface area (TPSA) is 32.3 Å². The Balaban J connectivity index is 2.48. The summed E-state index contributed by atoms with van der Waals surface area (Å²) in [6, 6.07) is 0.500. The molecule has 1 saturated carbocycles. The molecule has 1 N–H and O–H groups in total. The number of carbonyl (C=O) groups is 1. The van der Waals surface area contributed by atoms with Gasteiger partial charge in [0.05, 0.1) is 0 Å². The maximum Gasteiger partial charge on any atom is 0.318 e. The van der Waals surface area contributed by atoms with Crippen LogP contribution in [0.1, 0.15) is 59.8 Å². The number of urea groups is 1. The van der Waals surface area contributed by atoms with Gasteiger partial charge in [0, 0.05) is 18.1 Å². The minimum atomic E-state index is -0.0898. The van der Waals surface area contributed by atoms with Gasteiger partial charge in [-0.3, -0.25) is 0 Å². The van der Waals surface area contributed by atoms with Crippen LogP contribution in [0.15, 0.2) is 0 Å². The summed E-state index contributed by atoms with van der Waals surface area (Å²) in [5.41, 5.74) is -0.0898. The molecular weight excluding hydrogens is 200 g/mol. The second kappa shape index (κ2) is 5.55. The van der Waals surface area contributed by atoms with Gasteiger partial charge in [-0.15, -0.1) is 0 Å². The van der Waals surface area contributed by atoms with Gasteiger partial charge < -0.3 is 10.2 Å². The van der Waals surface area contributed by atoms with Crippen LogP contribution >= 0.6 is 0 Å². The van der Waals surface area contributed by atoms with Gasteiger partial charge in [-0.25, -0.2) is 4.79 Å². The Bertz CT molecular complexity index is 227. The van der Waals surface area contributed by atoms with Gasteiger partial charge in [-0.2, -0.15) is 0 Å². The van der Waals surface area contributed by atoms with E-state index in [1.807, 2.05) is 11.8 Å². The summed E-state index contributed by atoms with van der Waals surface area (Å²) in [4.78, 5) is 14.0. The molecule has 94 valence electrons. The summed E-state index contributed by atoms with van der Waals surface area (Å²) >= 11 is 0. The van der Waals surface area contributed by atoms with Crippen molar-refractivity contribution >= 4 is 6.03 Å². The molecule has 1 rings (SSSR count). The molecule has 0 aromatic carbocycles. The van der Waals surface area contributed by atoms with Gasteiger partial charge in [-0.1, -0.05) is 19.3 Å². The standard InChI is InChI=1S/C13H26N2O/c1-5-15(13(2,3)4)12(16)14-11-9-7-6-8-10-11/h11H,5-10H2,1-4H3,(H,14,16). The van der Waals surface area contributed by atoms with Crippen LogP contribution in [0, 0.1) is 0 Å². The number of nitrogens with zero attached hydrogens (tertiary/aromatic N) is 1. The highest BCUT2D eigenvalue weighted by molar-refractivity contribution is 5.75. The number of amides is 2. The van der Waals surface area contributed by atoms with Crippen molar-refractivity contribution < 1.29 is 4.79 Å². The van der Waals surface area contributed by atoms with Gasteiger partial charge in [-0.05, 0) is 40.5 Å². The normalized spacial score (nSPS) is 18.2. The zero-order valence-electron chi connectivity index (χ0n) is 11.2. The minimum absolute atomic E-state index is 0.0898. The van der Waals surface area contributed by atoms with Crippen molar-refractivity contribution in [2.75, 3.05) is 6.54 Å². The first-order valence-corrected chi connectivity index (χ1v) is 6.53. The summed E-state index contributed by atoms with van der Waals surface area (Å²) in [5.74, 6) is 0. The predicted molar refractivity (Wildman–Crippen MR) is 67.5 cm³/mol. The molecule has 2 amide bonds. The van der Waals surface area contributed by atoms with E-state index in [2.05, 4.69) is 26.1 Å². The van der Waals surface area contributed by atoms with Crippen LogP contribution in [0.3, 0.4) is 0 Å². The van der Waals surface area contributed by atoms with E-state index in [1.54, 1.807) is 0 Å². The Hall–Kier alpha value is -0.730. The molecule has 3 nitrogen and oxygen atoms in total. The van der Waals surface area contributed by atoms with Crippen LogP contribution in [0.2, 0.25) is 0 Å². The van der Waals surface area contributed by atoms with Crippen molar-refractivity contribution in [1.29, 1.82) is 0 Å². The van der Waals surface area contributed by atoms with Gasteiger partial charge in [0.25, 0.3) is 0 Å². The lowest BCUT2D eigenvalue weighted by Gasteiger charge is -2.36. The van der Waals surface area contributed by atoms with Crippen molar-refractivity contribution in [3.63, 3.8) is 0 Å². The van der Waals surface area contributed by atoms with Gasteiger partial charge in [0.2, 0.25) is 0 Å². The SMILES string of the molecule is CCN(C(=O)NC1CCCCC1)C(C)(C)C.